The standard InChI is InChI=1S/C14H6Cl3F3N2/c15-10-3-1-2-8(12(10)17)9(5-21)13-11(16)4-7(6-22-13)14(18,19)20/h1-4,6,9H. The molecule has 2 nitrogen and oxygen atoms in total. The highest BCUT2D eigenvalue weighted by Gasteiger charge is 2.32. The lowest BCUT2D eigenvalue weighted by molar-refractivity contribution is -0.137. The van der Waals surface area contributed by atoms with Crippen molar-refractivity contribution in [3.8, 4) is 6.07 Å². The Balaban J connectivity index is 2.54. The van der Waals surface area contributed by atoms with Crippen LogP contribution in [-0.4, -0.2) is 4.98 Å². The van der Waals surface area contributed by atoms with E-state index in [4.69, 9.17) is 34.8 Å². The van der Waals surface area contributed by atoms with Gasteiger partial charge in [-0.3, -0.25) is 4.98 Å². The van der Waals surface area contributed by atoms with E-state index in [9.17, 15) is 18.4 Å². The number of alkyl halides is 3. The largest absolute Gasteiger partial charge is 0.417 e. The summed E-state index contributed by atoms with van der Waals surface area (Å²) in [4.78, 5) is 3.69. The van der Waals surface area contributed by atoms with Crippen LogP contribution in [0.5, 0.6) is 0 Å². The SMILES string of the molecule is N#CC(c1cccc(Cl)c1Cl)c1ncc(C(F)(F)F)cc1Cl. The number of halogens is 6. The minimum absolute atomic E-state index is 0.0127. The Hall–Kier alpha value is -1.48. The smallest absolute Gasteiger partial charge is 0.257 e. The van der Waals surface area contributed by atoms with Gasteiger partial charge in [-0.2, -0.15) is 18.4 Å². The zero-order chi connectivity index (χ0) is 16.5. The summed E-state index contributed by atoms with van der Waals surface area (Å²) < 4.78 is 37.9. The number of nitrogens with zero attached hydrogens (tertiary/aromatic N) is 2. The van der Waals surface area contributed by atoms with Crippen LogP contribution in [0.25, 0.3) is 0 Å². The molecule has 0 aliphatic heterocycles. The van der Waals surface area contributed by atoms with Gasteiger partial charge in [-0.05, 0) is 17.7 Å². The second-order valence-electron chi connectivity index (χ2n) is 4.29. The minimum atomic E-state index is -4.56. The molecule has 2 aromatic rings. The van der Waals surface area contributed by atoms with Crippen molar-refractivity contribution in [1.29, 1.82) is 5.26 Å². The maximum atomic E-state index is 12.6. The maximum Gasteiger partial charge on any atom is 0.417 e. The summed E-state index contributed by atoms with van der Waals surface area (Å²) in [5.74, 6) is -1.03. The zero-order valence-corrected chi connectivity index (χ0v) is 12.9. The molecule has 0 amide bonds. The lowest BCUT2D eigenvalue weighted by atomic mass is 9.96. The molecule has 1 aromatic heterocycles. The first kappa shape index (κ1) is 16.9. The molecule has 1 unspecified atom stereocenters. The molecule has 0 fully saturated rings. The summed E-state index contributed by atoms with van der Waals surface area (Å²) in [6, 6.07) is 7.31. The molecule has 0 aliphatic carbocycles. The van der Waals surface area contributed by atoms with Crippen molar-refractivity contribution in [2.45, 2.75) is 12.1 Å². The number of hydrogen-bond acceptors (Lipinski definition) is 2. The third-order valence-electron chi connectivity index (χ3n) is 2.89. The third-order valence-corrected chi connectivity index (χ3v) is 4.03. The van der Waals surface area contributed by atoms with E-state index in [1.165, 1.54) is 12.1 Å². The molecule has 1 atom stereocenters. The van der Waals surface area contributed by atoms with E-state index in [1.54, 1.807) is 6.07 Å². The van der Waals surface area contributed by atoms with Gasteiger partial charge in [0.2, 0.25) is 0 Å². The topological polar surface area (TPSA) is 36.7 Å². The Morgan fingerprint density at radius 1 is 1.14 bits per heavy atom. The number of aromatic nitrogens is 1. The van der Waals surface area contributed by atoms with Crippen LogP contribution >= 0.6 is 34.8 Å². The average Bonchev–Trinajstić information content (AvgIpc) is 2.44. The highest BCUT2D eigenvalue weighted by Crippen LogP contribution is 2.38. The van der Waals surface area contributed by atoms with E-state index in [-0.39, 0.29) is 20.8 Å². The predicted octanol–water partition coefficient (Wildman–Crippen LogP) is 5.72. The molecule has 0 bridgehead atoms. The molecule has 0 radical (unpaired) electrons. The number of benzene rings is 1. The van der Waals surface area contributed by atoms with Crippen LogP contribution in [0.1, 0.15) is 22.7 Å². The molecule has 114 valence electrons. The Morgan fingerprint density at radius 2 is 1.82 bits per heavy atom. The zero-order valence-electron chi connectivity index (χ0n) is 10.6. The van der Waals surface area contributed by atoms with Gasteiger partial charge in [-0.15, -0.1) is 0 Å². The minimum Gasteiger partial charge on any atom is -0.257 e. The molecular formula is C14H6Cl3F3N2. The van der Waals surface area contributed by atoms with E-state index in [0.717, 1.165) is 6.07 Å². The third kappa shape index (κ3) is 3.30. The van der Waals surface area contributed by atoms with Gasteiger partial charge in [0.25, 0.3) is 0 Å². The normalized spacial score (nSPS) is 12.8. The van der Waals surface area contributed by atoms with Crippen molar-refractivity contribution in [2.24, 2.45) is 0 Å². The van der Waals surface area contributed by atoms with Crippen LogP contribution in [0.15, 0.2) is 30.5 Å². The van der Waals surface area contributed by atoms with Crippen LogP contribution < -0.4 is 0 Å². The van der Waals surface area contributed by atoms with Gasteiger partial charge in [0.15, 0.2) is 0 Å². The molecule has 2 rings (SSSR count). The Bertz CT molecular complexity index is 754. The van der Waals surface area contributed by atoms with Crippen LogP contribution in [0, 0.1) is 11.3 Å². The van der Waals surface area contributed by atoms with Gasteiger partial charge >= 0.3 is 6.18 Å². The summed E-state index contributed by atoms with van der Waals surface area (Å²) in [7, 11) is 0. The first-order valence-corrected chi connectivity index (χ1v) is 6.95. The first-order chi connectivity index (χ1) is 10.3. The van der Waals surface area contributed by atoms with E-state index >= 15 is 0 Å². The highest BCUT2D eigenvalue weighted by molar-refractivity contribution is 6.42. The number of hydrogen-bond donors (Lipinski definition) is 0. The molecule has 0 N–H and O–H groups in total. The lowest BCUT2D eigenvalue weighted by Crippen LogP contribution is -2.09. The van der Waals surface area contributed by atoms with E-state index in [2.05, 4.69) is 4.98 Å². The Morgan fingerprint density at radius 3 is 2.36 bits per heavy atom. The average molecular weight is 366 g/mol. The summed E-state index contributed by atoms with van der Waals surface area (Å²) in [5, 5.41) is 9.42. The second kappa shape index (κ2) is 6.33. The van der Waals surface area contributed by atoms with Crippen molar-refractivity contribution in [1.82, 2.24) is 4.98 Å². The quantitative estimate of drug-likeness (QED) is 0.683. The number of rotatable bonds is 2. The molecule has 1 aromatic carbocycles. The van der Waals surface area contributed by atoms with Gasteiger partial charge in [0.05, 0.1) is 32.4 Å². The Kier molecular flexibility index (Phi) is 4.86. The van der Waals surface area contributed by atoms with Crippen LogP contribution in [0.3, 0.4) is 0 Å². The summed E-state index contributed by atoms with van der Waals surface area (Å²) in [5.41, 5.74) is -0.678. The fourth-order valence-electron chi connectivity index (χ4n) is 1.84. The van der Waals surface area contributed by atoms with E-state index < -0.39 is 17.7 Å². The van der Waals surface area contributed by atoms with Gasteiger partial charge in [0, 0.05) is 6.20 Å². The van der Waals surface area contributed by atoms with E-state index in [0.29, 0.717) is 11.8 Å². The lowest BCUT2D eigenvalue weighted by Gasteiger charge is -2.14. The molecule has 0 saturated heterocycles. The van der Waals surface area contributed by atoms with Crippen molar-refractivity contribution in [3.63, 3.8) is 0 Å². The molecule has 22 heavy (non-hydrogen) atoms. The first-order valence-electron chi connectivity index (χ1n) is 5.82. The van der Waals surface area contributed by atoms with Gasteiger partial charge in [-0.25, -0.2) is 0 Å². The van der Waals surface area contributed by atoms with Gasteiger partial charge in [-0.1, -0.05) is 46.9 Å². The summed E-state index contributed by atoms with van der Waals surface area (Å²) in [6.07, 6.45) is -3.94. The highest BCUT2D eigenvalue weighted by atomic mass is 35.5. The van der Waals surface area contributed by atoms with Crippen molar-refractivity contribution >= 4 is 34.8 Å². The molecule has 8 heteroatoms. The summed E-state index contributed by atoms with van der Waals surface area (Å²) in [6.45, 7) is 0. The fourth-order valence-corrected chi connectivity index (χ4v) is 2.53. The monoisotopic (exact) mass is 364 g/mol. The predicted molar refractivity (Wildman–Crippen MR) is 78.2 cm³/mol. The molecular weight excluding hydrogens is 360 g/mol. The molecule has 0 saturated carbocycles. The maximum absolute atomic E-state index is 12.6. The fraction of sp³-hybridized carbons (Fsp3) is 0.143. The molecule has 0 aliphatic rings. The van der Waals surface area contributed by atoms with Crippen LogP contribution in [-0.2, 0) is 6.18 Å². The van der Waals surface area contributed by atoms with Gasteiger partial charge < -0.3 is 0 Å². The van der Waals surface area contributed by atoms with Crippen molar-refractivity contribution < 1.29 is 13.2 Å². The second-order valence-corrected chi connectivity index (χ2v) is 5.49. The van der Waals surface area contributed by atoms with Crippen LogP contribution in [0.4, 0.5) is 13.2 Å². The Labute approximate surface area is 139 Å². The van der Waals surface area contributed by atoms with Crippen molar-refractivity contribution in [2.75, 3.05) is 0 Å². The van der Waals surface area contributed by atoms with Gasteiger partial charge in [0.1, 0.15) is 5.92 Å². The number of pyridine rings is 1. The number of nitriles is 1. The van der Waals surface area contributed by atoms with Crippen LogP contribution in [0.2, 0.25) is 15.1 Å². The molecule has 0 spiro atoms. The van der Waals surface area contributed by atoms with Crippen molar-refractivity contribution in [3.05, 3.63) is 62.4 Å². The summed E-state index contributed by atoms with van der Waals surface area (Å²) >= 11 is 17.8. The van der Waals surface area contributed by atoms with E-state index in [1.807, 2.05) is 6.07 Å². The molecule has 1 heterocycles.